The van der Waals surface area contributed by atoms with Gasteiger partial charge in [-0.2, -0.15) is 5.10 Å². The lowest BCUT2D eigenvalue weighted by atomic mass is 9.87. The van der Waals surface area contributed by atoms with Gasteiger partial charge in [0.25, 0.3) is 5.91 Å². The van der Waals surface area contributed by atoms with E-state index in [-0.39, 0.29) is 24.0 Å². The first kappa shape index (κ1) is 18.4. The highest BCUT2D eigenvalue weighted by molar-refractivity contribution is 5.95. The van der Waals surface area contributed by atoms with E-state index in [2.05, 4.69) is 18.9 Å². The Bertz CT molecular complexity index is 594. The highest BCUT2D eigenvalue weighted by Gasteiger charge is 2.39. The summed E-state index contributed by atoms with van der Waals surface area (Å²) in [5.41, 5.74) is 1.72. The van der Waals surface area contributed by atoms with Gasteiger partial charge in [0, 0.05) is 24.2 Å². The zero-order valence-corrected chi connectivity index (χ0v) is 15.9. The number of hydrogen-bond acceptors (Lipinski definition) is 3. The lowest BCUT2D eigenvalue weighted by Gasteiger charge is -2.40. The maximum atomic E-state index is 13.3. The van der Waals surface area contributed by atoms with Gasteiger partial charge in [0.05, 0.1) is 23.9 Å². The second-order valence-electron chi connectivity index (χ2n) is 7.78. The topological polar surface area (TPSA) is 58.4 Å². The molecule has 5 heteroatoms. The number of carbonyl (C=O) groups is 1. The van der Waals surface area contributed by atoms with Crippen LogP contribution < -0.4 is 0 Å². The molecule has 1 aliphatic carbocycles. The van der Waals surface area contributed by atoms with Crippen molar-refractivity contribution >= 4 is 5.91 Å². The normalized spacial score (nSPS) is 27.2. The molecule has 1 amide bonds. The average Bonchev–Trinajstić information content (AvgIpc) is 3.22. The first-order valence-corrected chi connectivity index (χ1v) is 10.1. The fraction of sp³-hybridized carbons (Fsp3) is 0.800. The summed E-state index contributed by atoms with van der Waals surface area (Å²) in [4.78, 5) is 15.3. The van der Waals surface area contributed by atoms with E-state index in [1.165, 1.54) is 0 Å². The van der Waals surface area contributed by atoms with Crippen molar-refractivity contribution in [1.29, 1.82) is 0 Å². The lowest BCUT2D eigenvalue weighted by molar-refractivity contribution is 0.0287. The van der Waals surface area contributed by atoms with E-state index in [0.29, 0.717) is 6.04 Å². The van der Waals surface area contributed by atoms with E-state index in [1.807, 2.05) is 16.5 Å². The summed E-state index contributed by atoms with van der Waals surface area (Å²) in [6, 6.07) is 0.546. The molecule has 2 heterocycles. The van der Waals surface area contributed by atoms with Gasteiger partial charge in [0.1, 0.15) is 0 Å². The van der Waals surface area contributed by atoms with Crippen LogP contribution in [-0.4, -0.2) is 44.4 Å². The van der Waals surface area contributed by atoms with Crippen molar-refractivity contribution in [3.05, 3.63) is 17.5 Å². The van der Waals surface area contributed by atoms with Gasteiger partial charge in [0.15, 0.2) is 0 Å². The largest absolute Gasteiger partial charge is 0.393 e. The number of likely N-dealkylation sites (tertiary alicyclic amines) is 1. The summed E-state index contributed by atoms with van der Waals surface area (Å²) in [6.07, 6.45) is 9.80. The van der Waals surface area contributed by atoms with Gasteiger partial charge in [-0.05, 0) is 51.9 Å². The van der Waals surface area contributed by atoms with Crippen molar-refractivity contribution in [2.45, 2.75) is 90.3 Å². The monoisotopic (exact) mass is 347 g/mol. The molecule has 0 bridgehead atoms. The van der Waals surface area contributed by atoms with Crippen LogP contribution in [-0.2, 0) is 0 Å². The van der Waals surface area contributed by atoms with E-state index in [9.17, 15) is 9.90 Å². The molecule has 3 atom stereocenters. The van der Waals surface area contributed by atoms with Crippen LogP contribution in [0.4, 0.5) is 0 Å². The van der Waals surface area contributed by atoms with E-state index < -0.39 is 0 Å². The van der Waals surface area contributed by atoms with E-state index in [1.54, 1.807) is 6.20 Å². The molecule has 0 unspecified atom stereocenters. The summed E-state index contributed by atoms with van der Waals surface area (Å²) >= 11 is 0. The molecule has 0 radical (unpaired) electrons. The smallest absolute Gasteiger partial charge is 0.257 e. The van der Waals surface area contributed by atoms with Gasteiger partial charge in [-0.15, -0.1) is 0 Å². The molecule has 1 N–H and O–H groups in total. The second-order valence-corrected chi connectivity index (χ2v) is 7.78. The Labute approximate surface area is 151 Å². The third kappa shape index (κ3) is 3.48. The van der Waals surface area contributed by atoms with Gasteiger partial charge >= 0.3 is 0 Å². The number of rotatable bonds is 5. The number of aliphatic hydroxyl groups is 1. The number of carbonyl (C=O) groups excluding carboxylic acids is 1. The minimum absolute atomic E-state index is 0.110. The van der Waals surface area contributed by atoms with Crippen LogP contribution in [0.3, 0.4) is 0 Å². The van der Waals surface area contributed by atoms with Crippen molar-refractivity contribution in [3.8, 4) is 0 Å². The van der Waals surface area contributed by atoms with Crippen LogP contribution in [0.1, 0.15) is 87.3 Å². The highest BCUT2D eigenvalue weighted by atomic mass is 16.3. The Hall–Kier alpha value is -1.36. The van der Waals surface area contributed by atoms with Crippen molar-refractivity contribution in [2.24, 2.45) is 5.92 Å². The molecule has 5 nitrogen and oxygen atoms in total. The number of aromatic nitrogens is 2. The lowest BCUT2D eigenvalue weighted by Crippen LogP contribution is -2.49. The average molecular weight is 348 g/mol. The van der Waals surface area contributed by atoms with Crippen molar-refractivity contribution in [1.82, 2.24) is 14.7 Å². The summed E-state index contributed by atoms with van der Waals surface area (Å²) in [5, 5.41) is 14.9. The summed E-state index contributed by atoms with van der Waals surface area (Å²) in [5.74, 6) is 0.358. The Morgan fingerprint density at radius 1 is 1.24 bits per heavy atom. The minimum atomic E-state index is -0.244. The Morgan fingerprint density at radius 2 is 2.00 bits per heavy atom. The molecule has 140 valence electrons. The second kappa shape index (κ2) is 7.90. The molecular weight excluding hydrogens is 314 g/mol. The standard InChI is InChI=1S/C20H33N3O2/c1-4-15(5-2)23-14(3)17(13-21-23)20(25)22-12-7-6-10-18(22)16-9-8-11-19(16)24/h13,15-16,18-19,24H,4-12H2,1-3H3/t16-,18-,19-/m1/s1. The predicted octanol–water partition coefficient (Wildman–Crippen LogP) is 3.71. The Morgan fingerprint density at radius 3 is 2.64 bits per heavy atom. The first-order chi connectivity index (χ1) is 12.1. The maximum Gasteiger partial charge on any atom is 0.257 e. The van der Waals surface area contributed by atoms with Crippen LogP contribution in [0.25, 0.3) is 0 Å². The zero-order chi connectivity index (χ0) is 18.0. The van der Waals surface area contributed by atoms with Gasteiger partial charge < -0.3 is 10.0 Å². The molecule has 1 aromatic rings. The molecule has 25 heavy (non-hydrogen) atoms. The van der Waals surface area contributed by atoms with Crippen molar-refractivity contribution < 1.29 is 9.90 Å². The van der Waals surface area contributed by atoms with Crippen LogP contribution in [0.15, 0.2) is 6.20 Å². The van der Waals surface area contributed by atoms with E-state index >= 15 is 0 Å². The van der Waals surface area contributed by atoms with E-state index in [4.69, 9.17) is 0 Å². The molecule has 1 saturated heterocycles. The van der Waals surface area contributed by atoms with Crippen molar-refractivity contribution in [3.63, 3.8) is 0 Å². The quantitative estimate of drug-likeness (QED) is 0.883. The number of nitrogens with zero attached hydrogens (tertiary/aromatic N) is 3. The van der Waals surface area contributed by atoms with Crippen molar-refractivity contribution in [2.75, 3.05) is 6.54 Å². The highest BCUT2D eigenvalue weighted by Crippen LogP contribution is 2.36. The number of aliphatic hydroxyl groups excluding tert-OH is 1. The molecule has 1 aromatic heterocycles. The molecule has 3 rings (SSSR count). The SMILES string of the molecule is CCC(CC)n1ncc(C(=O)N2CCCC[C@@H]2[C@H]2CCC[C@H]2O)c1C. The Kier molecular flexibility index (Phi) is 5.82. The zero-order valence-electron chi connectivity index (χ0n) is 15.9. The van der Waals surface area contributed by atoms with E-state index in [0.717, 1.165) is 69.2 Å². The molecular formula is C20H33N3O2. The fourth-order valence-corrected chi connectivity index (χ4v) is 4.86. The van der Waals surface area contributed by atoms with Gasteiger partial charge in [-0.3, -0.25) is 9.48 Å². The molecule has 0 aromatic carbocycles. The summed E-state index contributed by atoms with van der Waals surface area (Å²) in [6.45, 7) is 7.15. The first-order valence-electron chi connectivity index (χ1n) is 10.1. The summed E-state index contributed by atoms with van der Waals surface area (Å²) in [7, 11) is 0. The van der Waals surface area contributed by atoms with Gasteiger partial charge in [0.2, 0.25) is 0 Å². The molecule has 0 spiro atoms. The van der Waals surface area contributed by atoms with Gasteiger partial charge in [-0.1, -0.05) is 20.3 Å². The predicted molar refractivity (Wildman–Crippen MR) is 98.6 cm³/mol. The summed E-state index contributed by atoms with van der Waals surface area (Å²) < 4.78 is 2.02. The van der Waals surface area contributed by atoms with Crippen LogP contribution in [0.2, 0.25) is 0 Å². The Balaban J connectivity index is 1.83. The molecule has 1 aliphatic heterocycles. The van der Waals surface area contributed by atoms with Gasteiger partial charge in [-0.25, -0.2) is 0 Å². The van der Waals surface area contributed by atoms with Crippen LogP contribution in [0.5, 0.6) is 0 Å². The molecule has 1 saturated carbocycles. The molecule has 2 aliphatic rings. The molecule has 2 fully saturated rings. The fourth-order valence-electron chi connectivity index (χ4n) is 4.86. The number of piperidine rings is 1. The van der Waals surface area contributed by atoms with Crippen LogP contribution >= 0.6 is 0 Å². The minimum Gasteiger partial charge on any atom is -0.393 e. The number of amides is 1. The number of hydrogen-bond donors (Lipinski definition) is 1. The van der Waals surface area contributed by atoms with Crippen LogP contribution in [0, 0.1) is 12.8 Å². The third-order valence-electron chi connectivity index (χ3n) is 6.40. The maximum absolute atomic E-state index is 13.3. The third-order valence-corrected chi connectivity index (χ3v) is 6.40.